The largest absolute Gasteiger partial charge is 0.359 e. The highest BCUT2D eigenvalue weighted by molar-refractivity contribution is 5.80. The van der Waals surface area contributed by atoms with Crippen LogP contribution in [0, 0.1) is 20.8 Å². The predicted molar refractivity (Wildman–Crippen MR) is 81.3 cm³/mol. The van der Waals surface area contributed by atoms with Gasteiger partial charge in [0.25, 0.3) is 0 Å². The Morgan fingerprint density at radius 2 is 2.09 bits per heavy atom. The Labute approximate surface area is 130 Å². The number of carbonyl (C=O) groups excluding carboxylic acids is 1. The van der Waals surface area contributed by atoms with Crippen LogP contribution in [-0.4, -0.2) is 32.3 Å². The summed E-state index contributed by atoms with van der Waals surface area (Å²) < 4.78 is 7.18. The SMILES string of the molecule is Cc1cc(C2CCCN2C(=O)C(C)n2nc(C)cc2C)on1. The van der Waals surface area contributed by atoms with Gasteiger partial charge < -0.3 is 9.42 Å². The molecular weight excluding hydrogens is 280 g/mol. The summed E-state index contributed by atoms with van der Waals surface area (Å²) in [5.74, 6) is 0.867. The summed E-state index contributed by atoms with van der Waals surface area (Å²) >= 11 is 0. The third-order valence-corrected chi connectivity index (χ3v) is 4.28. The van der Waals surface area contributed by atoms with E-state index in [1.165, 1.54) is 0 Å². The zero-order valence-electron chi connectivity index (χ0n) is 13.5. The molecule has 2 aromatic heterocycles. The lowest BCUT2D eigenvalue weighted by Gasteiger charge is -2.26. The van der Waals surface area contributed by atoms with Crippen molar-refractivity contribution in [2.75, 3.05) is 6.54 Å². The number of nitrogens with zero attached hydrogens (tertiary/aromatic N) is 4. The lowest BCUT2D eigenvalue weighted by atomic mass is 10.1. The van der Waals surface area contributed by atoms with Crippen molar-refractivity contribution in [3.63, 3.8) is 0 Å². The zero-order valence-corrected chi connectivity index (χ0v) is 13.5. The zero-order chi connectivity index (χ0) is 15.9. The van der Waals surface area contributed by atoms with E-state index in [0.29, 0.717) is 0 Å². The summed E-state index contributed by atoms with van der Waals surface area (Å²) in [4.78, 5) is 14.8. The second-order valence-corrected chi connectivity index (χ2v) is 6.11. The molecule has 6 nitrogen and oxygen atoms in total. The van der Waals surface area contributed by atoms with Crippen molar-refractivity contribution >= 4 is 5.91 Å². The molecule has 0 spiro atoms. The molecule has 3 heterocycles. The van der Waals surface area contributed by atoms with Crippen LogP contribution in [0.25, 0.3) is 0 Å². The number of aromatic nitrogens is 3. The molecule has 1 saturated heterocycles. The normalized spacial score (nSPS) is 19.6. The van der Waals surface area contributed by atoms with Gasteiger partial charge in [0.05, 0.1) is 17.4 Å². The Bertz CT molecular complexity index is 688. The van der Waals surface area contributed by atoms with Crippen LogP contribution in [0.1, 0.15) is 54.7 Å². The molecule has 0 radical (unpaired) electrons. The fourth-order valence-electron chi connectivity index (χ4n) is 3.25. The Hall–Kier alpha value is -2.11. The molecule has 1 fully saturated rings. The fourth-order valence-corrected chi connectivity index (χ4v) is 3.25. The van der Waals surface area contributed by atoms with Crippen LogP contribution in [0.15, 0.2) is 16.7 Å². The molecule has 22 heavy (non-hydrogen) atoms. The number of hydrogen-bond donors (Lipinski definition) is 0. The van der Waals surface area contributed by atoms with Crippen molar-refractivity contribution in [1.29, 1.82) is 0 Å². The first-order valence-electron chi connectivity index (χ1n) is 7.74. The van der Waals surface area contributed by atoms with E-state index in [0.717, 1.165) is 42.2 Å². The lowest BCUT2D eigenvalue weighted by Crippen LogP contribution is -2.36. The van der Waals surface area contributed by atoms with Gasteiger partial charge in [0.15, 0.2) is 5.76 Å². The highest BCUT2D eigenvalue weighted by Gasteiger charge is 2.35. The Kier molecular flexibility index (Phi) is 3.76. The van der Waals surface area contributed by atoms with E-state index in [4.69, 9.17) is 4.52 Å². The standard InChI is InChI=1S/C16H22N4O2/c1-10-8-12(3)20(17-10)13(4)16(21)19-7-5-6-14(19)15-9-11(2)18-22-15/h8-9,13-14H,5-7H2,1-4H3. The first-order chi connectivity index (χ1) is 10.5. The van der Waals surface area contributed by atoms with Crippen molar-refractivity contribution in [2.24, 2.45) is 0 Å². The molecule has 6 heteroatoms. The molecule has 2 atom stereocenters. The van der Waals surface area contributed by atoms with E-state index in [1.807, 2.05) is 44.7 Å². The summed E-state index contributed by atoms with van der Waals surface area (Å²) in [6.07, 6.45) is 1.91. The maximum Gasteiger partial charge on any atom is 0.247 e. The van der Waals surface area contributed by atoms with Crippen molar-refractivity contribution < 1.29 is 9.32 Å². The second-order valence-electron chi connectivity index (χ2n) is 6.11. The number of likely N-dealkylation sites (tertiary alicyclic amines) is 1. The minimum atomic E-state index is -0.307. The fraction of sp³-hybridized carbons (Fsp3) is 0.562. The van der Waals surface area contributed by atoms with Gasteiger partial charge in [-0.2, -0.15) is 5.10 Å². The molecule has 1 aliphatic heterocycles. The van der Waals surface area contributed by atoms with Crippen molar-refractivity contribution in [3.8, 4) is 0 Å². The van der Waals surface area contributed by atoms with E-state index >= 15 is 0 Å². The summed E-state index contributed by atoms with van der Waals surface area (Å²) in [7, 11) is 0. The van der Waals surface area contributed by atoms with Crippen molar-refractivity contribution in [3.05, 3.63) is 35.0 Å². The molecule has 0 saturated carbocycles. The Morgan fingerprint density at radius 3 is 2.68 bits per heavy atom. The molecule has 2 aromatic rings. The number of hydrogen-bond acceptors (Lipinski definition) is 4. The van der Waals surface area contributed by atoms with Crippen molar-refractivity contribution in [2.45, 2.75) is 52.6 Å². The molecule has 0 aliphatic carbocycles. The highest BCUT2D eigenvalue weighted by atomic mass is 16.5. The van der Waals surface area contributed by atoms with E-state index in [2.05, 4.69) is 10.3 Å². The smallest absolute Gasteiger partial charge is 0.247 e. The highest BCUT2D eigenvalue weighted by Crippen LogP contribution is 2.34. The summed E-state index contributed by atoms with van der Waals surface area (Å²) in [5.41, 5.74) is 2.78. The molecule has 118 valence electrons. The number of carbonyl (C=O) groups is 1. The first kappa shape index (κ1) is 14.8. The van der Waals surface area contributed by atoms with Gasteiger partial charge in [0.2, 0.25) is 5.91 Å². The Balaban J connectivity index is 1.83. The van der Waals surface area contributed by atoms with Gasteiger partial charge in [-0.3, -0.25) is 9.48 Å². The van der Waals surface area contributed by atoms with E-state index < -0.39 is 0 Å². The molecule has 0 bridgehead atoms. The quantitative estimate of drug-likeness (QED) is 0.874. The lowest BCUT2D eigenvalue weighted by molar-refractivity contribution is -0.136. The molecular formula is C16H22N4O2. The van der Waals surface area contributed by atoms with Crippen LogP contribution in [-0.2, 0) is 4.79 Å². The van der Waals surface area contributed by atoms with Crippen molar-refractivity contribution in [1.82, 2.24) is 19.8 Å². The van der Waals surface area contributed by atoms with E-state index in [-0.39, 0.29) is 18.0 Å². The average molecular weight is 302 g/mol. The van der Waals surface area contributed by atoms with Gasteiger partial charge in [-0.25, -0.2) is 0 Å². The molecule has 2 unspecified atom stereocenters. The monoisotopic (exact) mass is 302 g/mol. The molecule has 3 rings (SSSR count). The average Bonchev–Trinajstić information content (AvgIpc) is 3.17. The minimum Gasteiger partial charge on any atom is -0.359 e. The van der Waals surface area contributed by atoms with Gasteiger partial charge in [0.1, 0.15) is 6.04 Å². The van der Waals surface area contributed by atoms with Gasteiger partial charge in [0, 0.05) is 18.3 Å². The first-order valence-corrected chi connectivity index (χ1v) is 7.74. The van der Waals surface area contributed by atoms with Crippen LogP contribution in [0.3, 0.4) is 0 Å². The maximum absolute atomic E-state index is 12.9. The van der Waals surface area contributed by atoms with E-state index in [9.17, 15) is 4.79 Å². The summed E-state index contributed by atoms with van der Waals surface area (Å²) in [6, 6.07) is 3.60. The Morgan fingerprint density at radius 1 is 1.32 bits per heavy atom. The number of amides is 1. The number of aryl methyl sites for hydroxylation is 3. The summed E-state index contributed by atoms with van der Waals surface area (Å²) in [5, 5.41) is 8.38. The minimum absolute atomic E-state index is 0.00637. The van der Waals surface area contributed by atoms with E-state index in [1.54, 1.807) is 4.68 Å². The molecule has 0 N–H and O–H groups in total. The topological polar surface area (TPSA) is 64.2 Å². The predicted octanol–water partition coefficient (Wildman–Crippen LogP) is 2.72. The summed E-state index contributed by atoms with van der Waals surface area (Å²) in [6.45, 7) is 8.48. The van der Waals surface area contributed by atoms with Crippen LogP contribution < -0.4 is 0 Å². The van der Waals surface area contributed by atoms with Crippen LogP contribution in [0.5, 0.6) is 0 Å². The second kappa shape index (κ2) is 5.59. The maximum atomic E-state index is 12.9. The molecule has 0 aromatic carbocycles. The third-order valence-electron chi connectivity index (χ3n) is 4.28. The van der Waals surface area contributed by atoms with Gasteiger partial charge in [-0.15, -0.1) is 0 Å². The van der Waals surface area contributed by atoms with Gasteiger partial charge in [-0.05, 0) is 46.6 Å². The van der Waals surface area contributed by atoms with Crippen LogP contribution in [0.2, 0.25) is 0 Å². The van der Waals surface area contributed by atoms with Crippen LogP contribution in [0.4, 0.5) is 0 Å². The van der Waals surface area contributed by atoms with Crippen LogP contribution >= 0.6 is 0 Å². The molecule has 1 aliphatic rings. The van der Waals surface area contributed by atoms with Gasteiger partial charge in [-0.1, -0.05) is 5.16 Å². The molecule has 1 amide bonds. The third kappa shape index (κ3) is 2.53. The van der Waals surface area contributed by atoms with Gasteiger partial charge >= 0.3 is 0 Å². The number of rotatable bonds is 3.